The van der Waals surface area contributed by atoms with Crippen LogP contribution in [-0.4, -0.2) is 41.8 Å². The molecule has 0 aromatic heterocycles. The summed E-state index contributed by atoms with van der Waals surface area (Å²) in [4.78, 5) is 12.2. The number of hydrogen-bond donors (Lipinski definition) is 2. The number of phenolic OH excluding ortho intramolecular Hbond substituents is 1. The number of carboxylic acid groups (broad SMARTS) is 1. The van der Waals surface area contributed by atoms with Gasteiger partial charge in [0.2, 0.25) is 0 Å². The molecule has 17 heavy (non-hydrogen) atoms. The molecule has 0 atom stereocenters. The molecule has 0 fully saturated rings. The minimum atomic E-state index is -0.897. The molecule has 5 heteroatoms. The Morgan fingerprint density at radius 2 is 2.12 bits per heavy atom. The molecule has 0 heterocycles. The highest BCUT2D eigenvalue weighted by atomic mass is 16.5. The van der Waals surface area contributed by atoms with Crippen molar-refractivity contribution >= 4 is 5.97 Å². The van der Waals surface area contributed by atoms with Crippen molar-refractivity contribution in [3.8, 4) is 11.5 Å². The zero-order valence-electron chi connectivity index (χ0n) is 10.2. The standard InChI is InChI=1S/C12H17NO4/c1-8-4-9(6-13(2)7-11(14)15)12(16)10(5-8)17-3/h4-5,16H,6-7H2,1-3H3,(H,14,15). The summed E-state index contributed by atoms with van der Waals surface area (Å²) in [5, 5.41) is 18.6. The van der Waals surface area contributed by atoms with Crippen LogP contribution in [0, 0.1) is 6.92 Å². The van der Waals surface area contributed by atoms with E-state index in [-0.39, 0.29) is 12.3 Å². The summed E-state index contributed by atoms with van der Waals surface area (Å²) in [6, 6.07) is 3.55. The predicted molar refractivity (Wildman–Crippen MR) is 63.4 cm³/mol. The van der Waals surface area contributed by atoms with Gasteiger partial charge in [0, 0.05) is 12.1 Å². The highest BCUT2D eigenvalue weighted by Crippen LogP contribution is 2.31. The van der Waals surface area contributed by atoms with Crippen LogP contribution in [0.5, 0.6) is 11.5 Å². The van der Waals surface area contributed by atoms with Gasteiger partial charge in [-0.15, -0.1) is 0 Å². The second-order valence-electron chi connectivity index (χ2n) is 4.04. The summed E-state index contributed by atoms with van der Waals surface area (Å²) in [5.74, 6) is -0.425. The zero-order valence-corrected chi connectivity index (χ0v) is 10.2. The van der Waals surface area contributed by atoms with Crippen molar-refractivity contribution in [1.82, 2.24) is 4.90 Å². The lowest BCUT2D eigenvalue weighted by molar-refractivity contribution is -0.138. The van der Waals surface area contributed by atoms with Crippen LogP contribution in [0.15, 0.2) is 12.1 Å². The molecule has 0 unspecified atom stereocenters. The van der Waals surface area contributed by atoms with E-state index in [0.29, 0.717) is 17.9 Å². The van der Waals surface area contributed by atoms with E-state index in [1.807, 2.05) is 13.0 Å². The van der Waals surface area contributed by atoms with Crippen LogP contribution in [0.1, 0.15) is 11.1 Å². The molecule has 0 aliphatic carbocycles. The van der Waals surface area contributed by atoms with Crippen molar-refractivity contribution in [2.75, 3.05) is 20.7 Å². The Hall–Kier alpha value is -1.75. The Morgan fingerprint density at radius 1 is 1.47 bits per heavy atom. The lowest BCUT2D eigenvalue weighted by Gasteiger charge is -2.16. The highest BCUT2D eigenvalue weighted by molar-refractivity contribution is 5.69. The number of aliphatic carboxylic acids is 1. The number of nitrogens with zero attached hydrogens (tertiary/aromatic N) is 1. The van der Waals surface area contributed by atoms with Crippen LogP contribution in [0.4, 0.5) is 0 Å². The fourth-order valence-electron chi connectivity index (χ4n) is 1.67. The quantitative estimate of drug-likeness (QED) is 0.808. The second-order valence-corrected chi connectivity index (χ2v) is 4.04. The molecule has 2 N–H and O–H groups in total. The van der Waals surface area contributed by atoms with Gasteiger partial charge in [-0.05, 0) is 25.6 Å². The maximum atomic E-state index is 10.5. The van der Waals surface area contributed by atoms with Gasteiger partial charge in [0.15, 0.2) is 11.5 Å². The van der Waals surface area contributed by atoms with Crippen molar-refractivity contribution in [2.45, 2.75) is 13.5 Å². The molecule has 0 bridgehead atoms. The molecule has 0 aliphatic heterocycles. The molecule has 0 aliphatic rings. The molecule has 0 radical (unpaired) electrons. The van der Waals surface area contributed by atoms with E-state index in [1.165, 1.54) is 7.11 Å². The molecule has 1 aromatic carbocycles. The fourth-order valence-corrected chi connectivity index (χ4v) is 1.67. The van der Waals surface area contributed by atoms with Crippen LogP contribution in [0.2, 0.25) is 0 Å². The van der Waals surface area contributed by atoms with E-state index >= 15 is 0 Å². The summed E-state index contributed by atoms with van der Waals surface area (Å²) in [7, 11) is 3.17. The number of carbonyl (C=O) groups is 1. The number of benzene rings is 1. The fraction of sp³-hybridized carbons (Fsp3) is 0.417. The first-order valence-electron chi connectivity index (χ1n) is 5.21. The van der Waals surface area contributed by atoms with Gasteiger partial charge in [-0.3, -0.25) is 9.69 Å². The molecular formula is C12H17NO4. The van der Waals surface area contributed by atoms with Gasteiger partial charge in [-0.2, -0.15) is 0 Å². The Bertz CT molecular complexity index is 417. The molecule has 0 amide bonds. The molecule has 0 spiro atoms. The lowest BCUT2D eigenvalue weighted by atomic mass is 10.1. The van der Waals surface area contributed by atoms with Crippen LogP contribution < -0.4 is 4.74 Å². The number of rotatable bonds is 5. The molecule has 1 rings (SSSR count). The molecule has 94 valence electrons. The molecule has 0 saturated heterocycles. The van der Waals surface area contributed by atoms with Gasteiger partial charge in [0.25, 0.3) is 0 Å². The Morgan fingerprint density at radius 3 is 2.65 bits per heavy atom. The molecule has 5 nitrogen and oxygen atoms in total. The predicted octanol–water partition coefficient (Wildman–Crippen LogP) is 1.23. The maximum absolute atomic E-state index is 10.5. The van der Waals surface area contributed by atoms with E-state index in [4.69, 9.17) is 9.84 Å². The first kappa shape index (κ1) is 13.3. The Balaban J connectivity index is 2.90. The zero-order chi connectivity index (χ0) is 13.0. The molecule has 1 aromatic rings. The summed E-state index contributed by atoms with van der Waals surface area (Å²) in [5.41, 5.74) is 1.61. The number of aryl methyl sites for hydroxylation is 1. The van der Waals surface area contributed by atoms with Crippen molar-refractivity contribution in [3.05, 3.63) is 23.3 Å². The average Bonchev–Trinajstić information content (AvgIpc) is 2.21. The van der Waals surface area contributed by atoms with Gasteiger partial charge < -0.3 is 14.9 Å². The number of likely N-dealkylation sites (N-methyl/N-ethyl adjacent to an activating group) is 1. The summed E-state index contributed by atoms with van der Waals surface area (Å²) in [6.07, 6.45) is 0. The number of carboxylic acids is 1. The van der Waals surface area contributed by atoms with E-state index in [9.17, 15) is 9.90 Å². The van der Waals surface area contributed by atoms with E-state index in [1.54, 1.807) is 18.0 Å². The minimum Gasteiger partial charge on any atom is -0.504 e. The Labute approximate surface area is 100 Å². The maximum Gasteiger partial charge on any atom is 0.317 e. The third-order valence-electron chi connectivity index (χ3n) is 2.36. The lowest BCUT2D eigenvalue weighted by Crippen LogP contribution is -2.25. The monoisotopic (exact) mass is 239 g/mol. The second kappa shape index (κ2) is 5.54. The van der Waals surface area contributed by atoms with E-state index < -0.39 is 5.97 Å². The largest absolute Gasteiger partial charge is 0.504 e. The van der Waals surface area contributed by atoms with Crippen LogP contribution in [-0.2, 0) is 11.3 Å². The summed E-state index contributed by atoms with van der Waals surface area (Å²) >= 11 is 0. The van der Waals surface area contributed by atoms with Crippen molar-refractivity contribution in [2.24, 2.45) is 0 Å². The molecular weight excluding hydrogens is 222 g/mol. The van der Waals surface area contributed by atoms with Gasteiger partial charge in [-0.25, -0.2) is 0 Å². The van der Waals surface area contributed by atoms with E-state index in [0.717, 1.165) is 5.56 Å². The van der Waals surface area contributed by atoms with Crippen molar-refractivity contribution in [1.29, 1.82) is 0 Å². The van der Waals surface area contributed by atoms with Gasteiger partial charge in [0.05, 0.1) is 13.7 Å². The topological polar surface area (TPSA) is 70.0 Å². The van der Waals surface area contributed by atoms with Gasteiger partial charge >= 0.3 is 5.97 Å². The average molecular weight is 239 g/mol. The normalized spacial score (nSPS) is 10.6. The first-order chi connectivity index (χ1) is 7.93. The smallest absolute Gasteiger partial charge is 0.317 e. The first-order valence-corrected chi connectivity index (χ1v) is 5.21. The third-order valence-corrected chi connectivity index (χ3v) is 2.36. The summed E-state index contributed by atoms with van der Waals surface area (Å²) in [6.45, 7) is 2.18. The number of hydrogen-bond acceptors (Lipinski definition) is 4. The molecule has 0 saturated carbocycles. The minimum absolute atomic E-state index is 0.0651. The van der Waals surface area contributed by atoms with Crippen LogP contribution in [0.25, 0.3) is 0 Å². The number of aromatic hydroxyl groups is 1. The summed E-state index contributed by atoms with van der Waals surface area (Å²) < 4.78 is 5.04. The van der Waals surface area contributed by atoms with E-state index in [2.05, 4.69) is 0 Å². The van der Waals surface area contributed by atoms with Crippen LogP contribution in [0.3, 0.4) is 0 Å². The number of methoxy groups -OCH3 is 1. The Kier molecular flexibility index (Phi) is 4.34. The number of phenols is 1. The van der Waals surface area contributed by atoms with Gasteiger partial charge in [-0.1, -0.05) is 6.07 Å². The van der Waals surface area contributed by atoms with Crippen LogP contribution >= 0.6 is 0 Å². The van der Waals surface area contributed by atoms with Crippen molar-refractivity contribution in [3.63, 3.8) is 0 Å². The van der Waals surface area contributed by atoms with Gasteiger partial charge in [0.1, 0.15) is 0 Å². The van der Waals surface area contributed by atoms with Crippen molar-refractivity contribution < 1.29 is 19.7 Å². The highest BCUT2D eigenvalue weighted by Gasteiger charge is 2.12. The SMILES string of the molecule is COc1cc(C)cc(CN(C)CC(=O)O)c1O. The third kappa shape index (κ3) is 3.64. The number of ether oxygens (including phenoxy) is 1.